The number of carbonyl (C=O) groups excluding carboxylic acids is 4. The second-order valence-corrected chi connectivity index (χ2v) is 22.5. The summed E-state index contributed by atoms with van der Waals surface area (Å²) in [6, 6.07) is 12.3. The Labute approximate surface area is 385 Å². The number of carbonyl (C=O) groups is 4. The molecule has 0 atom stereocenters. The summed E-state index contributed by atoms with van der Waals surface area (Å²) in [5.74, 6) is -0.243. The zero-order valence-electron chi connectivity index (χ0n) is 36.4. The van der Waals surface area contributed by atoms with Crippen LogP contribution < -0.4 is 15.5 Å². The minimum atomic E-state index is -0.536. The summed E-state index contributed by atoms with van der Waals surface area (Å²) in [4.78, 5) is 66.3. The third-order valence-electron chi connectivity index (χ3n) is 9.66. The van der Waals surface area contributed by atoms with Crippen molar-refractivity contribution in [2.45, 2.75) is 92.5 Å². The van der Waals surface area contributed by atoms with E-state index in [2.05, 4.69) is 49.7 Å². The summed E-state index contributed by atoms with van der Waals surface area (Å²) >= 11 is 9.77. The maximum absolute atomic E-state index is 12.6. The molecule has 4 amide bonds. The van der Waals surface area contributed by atoms with Crippen molar-refractivity contribution in [3.05, 3.63) is 61.8 Å². The molecule has 8 rings (SSSR count). The predicted molar refractivity (Wildman–Crippen MR) is 257 cm³/mol. The van der Waals surface area contributed by atoms with E-state index in [1.54, 1.807) is 32.5 Å². The first-order valence-electron chi connectivity index (χ1n) is 20.1. The van der Waals surface area contributed by atoms with E-state index in [0.717, 1.165) is 82.6 Å². The number of thiazole rings is 2. The van der Waals surface area contributed by atoms with E-state index in [9.17, 15) is 19.2 Å². The third-order valence-corrected chi connectivity index (χ3v) is 14.5. The second kappa shape index (κ2) is 17.9. The average molecular weight is 981 g/mol. The van der Waals surface area contributed by atoms with Crippen LogP contribution >= 0.6 is 61.3 Å². The summed E-state index contributed by atoms with van der Waals surface area (Å²) in [5.41, 5.74) is 6.16. The summed E-state index contributed by atoms with van der Waals surface area (Å²) in [6.45, 7) is 16.3. The first kappa shape index (κ1) is 45.4. The molecule has 0 radical (unpaired) electrons. The Morgan fingerprint density at radius 3 is 1.53 bits per heavy atom. The number of benzene rings is 2. The highest BCUT2D eigenvalue weighted by Gasteiger charge is 2.33. The van der Waals surface area contributed by atoms with Crippen LogP contribution in [0.15, 0.2) is 40.9 Å². The van der Waals surface area contributed by atoms with E-state index in [1.807, 2.05) is 73.8 Å². The number of hydrogen-bond acceptors (Lipinski definition) is 13. The van der Waals surface area contributed by atoms with Crippen molar-refractivity contribution < 1.29 is 28.7 Å². The second-order valence-electron chi connectivity index (χ2n) is 17.3. The molecule has 0 fully saturated rings. The highest BCUT2D eigenvalue weighted by Crippen LogP contribution is 2.47. The number of anilines is 3. The summed E-state index contributed by atoms with van der Waals surface area (Å²) < 4.78 is 14.3. The first-order chi connectivity index (χ1) is 29.1. The van der Waals surface area contributed by atoms with Crippen LogP contribution in [-0.2, 0) is 45.0 Å². The van der Waals surface area contributed by atoms with E-state index in [0.29, 0.717) is 39.0 Å². The van der Waals surface area contributed by atoms with Gasteiger partial charge in [-0.25, -0.2) is 19.6 Å². The molecule has 0 aliphatic carbocycles. The van der Waals surface area contributed by atoms with Gasteiger partial charge in [0, 0.05) is 72.1 Å². The smallest absolute Gasteiger partial charge is 0.410 e. The number of hydrogen-bond donors (Lipinski definition) is 2. The Bertz CT molecular complexity index is 2700. The van der Waals surface area contributed by atoms with Gasteiger partial charge in [0.25, 0.3) is 0 Å². The van der Waals surface area contributed by atoms with E-state index in [4.69, 9.17) is 19.4 Å². The Morgan fingerprint density at radius 2 is 1.11 bits per heavy atom. The minimum Gasteiger partial charge on any atom is -0.444 e. The van der Waals surface area contributed by atoms with Gasteiger partial charge in [-0.05, 0) is 102 Å². The lowest BCUT2D eigenvalue weighted by molar-refractivity contribution is -0.115. The van der Waals surface area contributed by atoms with Gasteiger partial charge in [0.15, 0.2) is 0 Å². The van der Waals surface area contributed by atoms with Gasteiger partial charge in [-0.1, -0.05) is 15.9 Å². The van der Waals surface area contributed by atoms with Gasteiger partial charge >= 0.3 is 12.2 Å². The number of amides is 4. The van der Waals surface area contributed by atoms with Crippen LogP contribution in [0.5, 0.6) is 0 Å². The van der Waals surface area contributed by atoms with Gasteiger partial charge in [-0.2, -0.15) is 0 Å². The zero-order valence-corrected chi connectivity index (χ0v) is 41.3. The fraction of sp³-hybridized carbons (Fsp3) is 0.409. The van der Waals surface area contributed by atoms with E-state index < -0.39 is 11.2 Å². The quantitative estimate of drug-likeness (QED) is 0.172. The molecular weight excluding hydrogens is 931 g/mol. The number of thiophene rings is 2. The first-order valence-corrected chi connectivity index (χ1v) is 24.1. The van der Waals surface area contributed by atoms with Crippen LogP contribution in [0.25, 0.3) is 41.6 Å². The Hall–Kier alpha value is -4.62. The molecule has 0 saturated carbocycles. The number of nitrogens with zero attached hydrogens (tertiary/aromatic N) is 5. The lowest BCUT2D eigenvalue weighted by atomic mass is 10.0. The molecule has 62 heavy (non-hydrogen) atoms. The van der Waals surface area contributed by atoms with E-state index in [-0.39, 0.29) is 24.0 Å². The van der Waals surface area contributed by atoms with Gasteiger partial charge in [-0.15, -0.1) is 45.3 Å². The molecule has 2 aliphatic rings. The Morgan fingerprint density at radius 1 is 0.677 bits per heavy atom. The molecule has 4 aromatic heterocycles. The lowest BCUT2D eigenvalue weighted by Gasteiger charge is -2.30. The number of rotatable bonds is 5. The van der Waals surface area contributed by atoms with Gasteiger partial charge in [0.2, 0.25) is 11.8 Å². The molecule has 0 spiro atoms. The van der Waals surface area contributed by atoms with Crippen LogP contribution in [0.3, 0.4) is 0 Å². The molecule has 6 heterocycles. The molecule has 18 heteroatoms. The van der Waals surface area contributed by atoms with Gasteiger partial charge < -0.3 is 34.8 Å². The number of nitrogens with one attached hydrogen (secondary N) is 2. The standard InChI is InChI=1S/C23H28N4O3S2.C21H22BrN3O3S2/c1-13(28)24-20-19(21-25-16-11-14(26(5)6)7-8-17(16)31-21)15-9-10-27(12-18(15)32-20)22(29)30-23(2,3)4;1-11(26)23-18-17(19-24-14-9-12(22)5-6-15(14)29-19)13-7-8-25(10-16(13)30-18)20(27)28-21(2,3)4/h7-8,11H,9-10,12H2,1-6H3,(H,24,28);5-6,9H,7-8,10H2,1-4H3,(H,23,26). The van der Waals surface area contributed by atoms with E-state index >= 15 is 0 Å². The van der Waals surface area contributed by atoms with Gasteiger partial charge in [0.1, 0.15) is 31.2 Å². The average Bonchev–Trinajstić information content (AvgIpc) is 3.93. The predicted octanol–water partition coefficient (Wildman–Crippen LogP) is 11.4. The van der Waals surface area contributed by atoms with E-state index in [1.165, 1.54) is 36.5 Å². The molecule has 2 N–H and O–H groups in total. The fourth-order valence-corrected chi connectivity index (χ4v) is 12.2. The van der Waals surface area contributed by atoms with Gasteiger partial charge in [0.05, 0.1) is 33.5 Å². The van der Waals surface area contributed by atoms with Crippen molar-refractivity contribution in [1.82, 2.24) is 19.8 Å². The molecule has 0 saturated heterocycles. The largest absolute Gasteiger partial charge is 0.444 e. The van der Waals surface area contributed by atoms with Crippen LogP contribution in [0, 0.1) is 0 Å². The van der Waals surface area contributed by atoms with Crippen LogP contribution in [-0.4, -0.2) is 82.2 Å². The third kappa shape index (κ3) is 10.4. The molecular formula is C44H50BrN7O6S4. The molecule has 13 nitrogen and oxygen atoms in total. The fourth-order valence-electron chi connectivity index (χ4n) is 7.03. The summed E-state index contributed by atoms with van der Waals surface area (Å²) in [6.07, 6.45) is 0.766. The number of ether oxygens (including phenoxy) is 2. The number of fused-ring (bicyclic) bond motifs is 4. The van der Waals surface area contributed by atoms with Crippen molar-refractivity contribution in [2.75, 3.05) is 42.7 Å². The maximum atomic E-state index is 12.6. The highest BCUT2D eigenvalue weighted by molar-refractivity contribution is 9.10. The molecule has 6 aromatic rings. The normalized spacial score (nSPS) is 13.9. The molecule has 0 unspecified atom stereocenters. The van der Waals surface area contributed by atoms with Crippen molar-refractivity contribution in [3.63, 3.8) is 0 Å². The summed E-state index contributed by atoms with van der Waals surface area (Å²) in [5, 5.41) is 9.31. The summed E-state index contributed by atoms with van der Waals surface area (Å²) in [7, 11) is 4.02. The SMILES string of the molecule is CC(=O)Nc1sc2c(c1-c1nc3cc(Br)ccc3s1)CCN(C(=O)OC(C)(C)C)C2.CC(=O)Nc1sc2c(c1-c1nc3cc(N(C)C)ccc3s1)CCN(C(=O)OC(C)(C)C)C2. The van der Waals surface area contributed by atoms with Crippen molar-refractivity contribution >= 4 is 121 Å². The zero-order chi connectivity index (χ0) is 44.8. The Kier molecular flexibility index (Phi) is 13.1. The maximum Gasteiger partial charge on any atom is 0.410 e. The molecule has 2 aromatic carbocycles. The van der Waals surface area contributed by atoms with Gasteiger partial charge in [-0.3, -0.25) is 9.59 Å². The minimum absolute atomic E-state index is 0.121. The number of aromatic nitrogens is 2. The molecule has 328 valence electrons. The van der Waals surface area contributed by atoms with Crippen LogP contribution in [0.2, 0.25) is 0 Å². The van der Waals surface area contributed by atoms with Crippen molar-refractivity contribution in [3.8, 4) is 21.1 Å². The Balaban J connectivity index is 0.000000187. The topological polar surface area (TPSA) is 146 Å². The van der Waals surface area contributed by atoms with Crippen molar-refractivity contribution in [2.24, 2.45) is 0 Å². The monoisotopic (exact) mass is 979 g/mol. The van der Waals surface area contributed by atoms with Crippen LogP contribution in [0.4, 0.5) is 25.3 Å². The van der Waals surface area contributed by atoms with Crippen LogP contribution in [0.1, 0.15) is 76.3 Å². The molecule has 2 aliphatic heterocycles. The number of halogens is 1. The highest BCUT2D eigenvalue weighted by atomic mass is 79.9. The lowest BCUT2D eigenvalue weighted by Crippen LogP contribution is -2.39. The molecule has 0 bridgehead atoms. The van der Waals surface area contributed by atoms with Crippen molar-refractivity contribution in [1.29, 1.82) is 0 Å².